The molecule has 0 radical (unpaired) electrons. The van der Waals surface area contributed by atoms with E-state index >= 15 is 0 Å². The molecule has 20 heavy (non-hydrogen) atoms. The van der Waals surface area contributed by atoms with Gasteiger partial charge >= 0.3 is 0 Å². The van der Waals surface area contributed by atoms with Crippen LogP contribution in [0.2, 0.25) is 0 Å². The van der Waals surface area contributed by atoms with Crippen molar-refractivity contribution in [1.82, 2.24) is 9.78 Å². The van der Waals surface area contributed by atoms with Crippen molar-refractivity contribution in [2.75, 3.05) is 0 Å². The SMILES string of the molecule is CCc1nn(CC2CCC(C)(C)O2)c(CC)c1C(C)Cl. The summed E-state index contributed by atoms with van der Waals surface area (Å²) < 4.78 is 8.24. The van der Waals surface area contributed by atoms with Crippen LogP contribution in [-0.4, -0.2) is 21.5 Å². The Morgan fingerprint density at radius 2 is 2.10 bits per heavy atom. The van der Waals surface area contributed by atoms with Gasteiger partial charge in [0, 0.05) is 11.3 Å². The standard InChI is InChI=1S/C16H27ClN2O/c1-6-13-15(11(3)17)14(7-2)19(18-13)10-12-8-9-16(4,5)20-12/h11-12H,6-10H2,1-5H3. The normalized spacial score (nSPS) is 23.2. The van der Waals surface area contributed by atoms with Crippen molar-refractivity contribution in [3.63, 3.8) is 0 Å². The number of hydrogen-bond donors (Lipinski definition) is 0. The number of rotatable bonds is 5. The van der Waals surface area contributed by atoms with Crippen molar-refractivity contribution in [3.8, 4) is 0 Å². The van der Waals surface area contributed by atoms with E-state index in [1.165, 1.54) is 11.3 Å². The Bertz CT molecular complexity index is 465. The van der Waals surface area contributed by atoms with Crippen LogP contribution in [0.15, 0.2) is 0 Å². The summed E-state index contributed by atoms with van der Waals surface area (Å²) in [6, 6.07) is 0. The van der Waals surface area contributed by atoms with Crippen molar-refractivity contribution < 1.29 is 4.74 Å². The van der Waals surface area contributed by atoms with Crippen LogP contribution in [0.1, 0.15) is 69.8 Å². The maximum atomic E-state index is 6.36. The highest BCUT2D eigenvalue weighted by atomic mass is 35.5. The summed E-state index contributed by atoms with van der Waals surface area (Å²) in [6.07, 6.45) is 4.42. The second-order valence-electron chi connectivity index (χ2n) is 6.35. The monoisotopic (exact) mass is 298 g/mol. The van der Waals surface area contributed by atoms with E-state index in [-0.39, 0.29) is 17.1 Å². The molecule has 0 bridgehead atoms. The van der Waals surface area contributed by atoms with Gasteiger partial charge in [-0.1, -0.05) is 13.8 Å². The van der Waals surface area contributed by atoms with Gasteiger partial charge in [-0.15, -0.1) is 11.6 Å². The molecule has 1 aliphatic heterocycles. The molecule has 4 heteroatoms. The Balaban J connectivity index is 2.24. The Hall–Kier alpha value is -0.540. The lowest BCUT2D eigenvalue weighted by Gasteiger charge is -2.20. The fraction of sp³-hybridized carbons (Fsp3) is 0.812. The van der Waals surface area contributed by atoms with Gasteiger partial charge in [-0.2, -0.15) is 5.10 Å². The zero-order chi connectivity index (χ0) is 14.9. The first-order valence-corrected chi connectivity index (χ1v) is 8.22. The fourth-order valence-corrected chi connectivity index (χ4v) is 3.46. The van der Waals surface area contributed by atoms with Gasteiger partial charge in [-0.05, 0) is 46.5 Å². The zero-order valence-electron chi connectivity index (χ0n) is 13.4. The fourth-order valence-electron chi connectivity index (χ4n) is 3.21. The molecule has 0 aromatic carbocycles. The lowest BCUT2D eigenvalue weighted by molar-refractivity contribution is -0.0233. The third-order valence-corrected chi connectivity index (χ3v) is 4.39. The number of aromatic nitrogens is 2. The van der Waals surface area contributed by atoms with E-state index in [0.29, 0.717) is 0 Å². The lowest BCUT2D eigenvalue weighted by atomic mass is 10.1. The number of ether oxygens (including phenoxy) is 1. The van der Waals surface area contributed by atoms with Gasteiger partial charge in [0.15, 0.2) is 0 Å². The Morgan fingerprint density at radius 3 is 2.55 bits per heavy atom. The summed E-state index contributed by atoms with van der Waals surface area (Å²) in [5.41, 5.74) is 3.66. The molecule has 1 aromatic heterocycles. The van der Waals surface area contributed by atoms with E-state index in [2.05, 4.69) is 32.4 Å². The van der Waals surface area contributed by atoms with Crippen LogP contribution in [0.3, 0.4) is 0 Å². The topological polar surface area (TPSA) is 27.1 Å². The molecule has 1 saturated heterocycles. The summed E-state index contributed by atoms with van der Waals surface area (Å²) in [6.45, 7) is 11.5. The summed E-state index contributed by atoms with van der Waals surface area (Å²) in [5.74, 6) is 0. The highest BCUT2D eigenvalue weighted by molar-refractivity contribution is 6.20. The van der Waals surface area contributed by atoms with E-state index in [1.807, 2.05) is 6.92 Å². The van der Waals surface area contributed by atoms with Crippen LogP contribution >= 0.6 is 11.6 Å². The maximum absolute atomic E-state index is 6.36. The molecule has 114 valence electrons. The van der Waals surface area contributed by atoms with Crippen molar-refractivity contribution in [2.45, 2.75) is 83.9 Å². The average Bonchev–Trinajstić information content (AvgIpc) is 2.89. The number of aryl methyl sites for hydroxylation is 1. The van der Waals surface area contributed by atoms with Crippen LogP contribution in [0.5, 0.6) is 0 Å². The van der Waals surface area contributed by atoms with Crippen LogP contribution in [0, 0.1) is 0 Å². The van der Waals surface area contributed by atoms with E-state index < -0.39 is 0 Å². The highest BCUT2D eigenvalue weighted by Gasteiger charge is 2.32. The Morgan fingerprint density at radius 1 is 1.40 bits per heavy atom. The molecule has 0 N–H and O–H groups in total. The largest absolute Gasteiger partial charge is 0.370 e. The van der Waals surface area contributed by atoms with E-state index in [1.54, 1.807) is 0 Å². The van der Waals surface area contributed by atoms with E-state index in [0.717, 1.165) is 37.9 Å². The first kappa shape index (κ1) is 15.8. The van der Waals surface area contributed by atoms with Gasteiger partial charge in [0.25, 0.3) is 0 Å². The lowest BCUT2D eigenvalue weighted by Crippen LogP contribution is -2.24. The molecule has 3 nitrogen and oxygen atoms in total. The summed E-state index contributed by atoms with van der Waals surface area (Å²) >= 11 is 6.36. The molecule has 1 fully saturated rings. The maximum Gasteiger partial charge on any atom is 0.0779 e. The molecule has 1 aromatic rings. The molecule has 0 aliphatic carbocycles. The molecule has 2 atom stereocenters. The summed E-state index contributed by atoms with van der Waals surface area (Å²) in [4.78, 5) is 0. The number of hydrogen-bond acceptors (Lipinski definition) is 2. The summed E-state index contributed by atoms with van der Waals surface area (Å²) in [7, 11) is 0. The van der Waals surface area contributed by atoms with Crippen molar-refractivity contribution in [1.29, 1.82) is 0 Å². The molecule has 0 saturated carbocycles. The van der Waals surface area contributed by atoms with E-state index in [9.17, 15) is 0 Å². The minimum Gasteiger partial charge on any atom is -0.370 e. The second kappa shape index (κ2) is 6.07. The predicted molar refractivity (Wildman–Crippen MR) is 83.4 cm³/mol. The number of halogens is 1. The highest BCUT2D eigenvalue weighted by Crippen LogP contribution is 2.32. The molecule has 0 spiro atoms. The minimum absolute atomic E-state index is 0.0143. The third-order valence-electron chi connectivity index (χ3n) is 4.17. The van der Waals surface area contributed by atoms with Gasteiger partial charge in [-0.25, -0.2) is 0 Å². The van der Waals surface area contributed by atoms with Crippen molar-refractivity contribution >= 4 is 11.6 Å². The molecular formula is C16H27ClN2O. The average molecular weight is 299 g/mol. The molecule has 2 heterocycles. The molecule has 2 rings (SSSR count). The first-order valence-electron chi connectivity index (χ1n) is 7.78. The number of alkyl halides is 1. The third kappa shape index (κ3) is 3.20. The van der Waals surface area contributed by atoms with Crippen LogP contribution in [0.25, 0.3) is 0 Å². The molecule has 0 amide bonds. The van der Waals surface area contributed by atoms with Gasteiger partial charge in [0.05, 0.1) is 29.3 Å². The summed E-state index contributed by atoms with van der Waals surface area (Å²) in [5, 5.41) is 4.81. The Labute approximate surface area is 127 Å². The van der Waals surface area contributed by atoms with Crippen LogP contribution in [-0.2, 0) is 24.1 Å². The molecule has 2 unspecified atom stereocenters. The zero-order valence-corrected chi connectivity index (χ0v) is 14.1. The minimum atomic E-state index is 0.0143. The van der Waals surface area contributed by atoms with Gasteiger partial charge in [0.1, 0.15) is 0 Å². The smallest absolute Gasteiger partial charge is 0.0779 e. The van der Waals surface area contributed by atoms with Crippen LogP contribution < -0.4 is 0 Å². The van der Waals surface area contributed by atoms with E-state index in [4.69, 9.17) is 21.4 Å². The Kier molecular flexibility index (Phi) is 4.80. The quantitative estimate of drug-likeness (QED) is 0.759. The van der Waals surface area contributed by atoms with Gasteiger partial charge < -0.3 is 4.74 Å². The van der Waals surface area contributed by atoms with Crippen LogP contribution in [0.4, 0.5) is 0 Å². The first-order chi connectivity index (χ1) is 9.38. The predicted octanol–water partition coefficient (Wildman–Crippen LogP) is 4.27. The molecule has 1 aliphatic rings. The second-order valence-corrected chi connectivity index (χ2v) is 7.01. The molecular weight excluding hydrogens is 272 g/mol. The van der Waals surface area contributed by atoms with Crippen molar-refractivity contribution in [3.05, 3.63) is 17.0 Å². The van der Waals surface area contributed by atoms with Crippen molar-refractivity contribution in [2.24, 2.45) is 0 Å². The van der Waals surface area contributed by atoms with Gasteiger partial charge in [-0.3, -0.25) is 4.68 Å². The van der Waals surface area contributed by atoms with Gasteiger partial charge in [0.2, 0.25) is 0 Å². The number of nitrogens with zero attached hydrogens (tertiary/aromatic N) is 2.